The molecule has 0 aromatic rings. The Balaban J connectivity index is 0. The quantitative estimate of drug-likeness (QED) is 0.673. The van der Waals surface area contributed by atoms with Crippen molar-refractivity contribution in [1.82, 2.24) is 4.90 Å². The number of nitrogens with zero attached hydrogens (tertiary/aromatic N) is 1. The van der Waals surface area contributed by atoms with E-state index in [0.29, 0.717) is 5.41 Å². The highest BCUT2D eigenvalue weighted by Crippen LogP contribution is 2.34. The van der Waals surface area contributed by atoms with Crippen LogP contribution in [0.25, 0.3) is 0 Å². The van der Waals surface area contributed by atoms with Gasteiger partial charge >= 0.3 is 0 Å². The van der Waals surface area contributed by atoms with Crippen molar-refractivity contribution in [3.63, 3.8) is 0 Å². The summed E-state index contributed by atoms with van der Waals surface area (Å²) >= 11 is 0. The first-order valence-electron chi connectivity index (χ1n) is 6.70. The van der Waals surface area contributed by atoms with Gasteiger partial charge in [0.25, 0.3) is 0 Å². The van der Waals surface area contributed by atoms with E-state index in [-0.39, 0.29) is 0 Å². The number of rotatable bonds is 3. The van der Waals surface area contributed by atoms with Crippen molar-refractivity contribution in [3.8, 4) is 0 Å². The van der Waals surface area contributed by atoms with Gasteiger partial charge in [-0.3, -0.25) is 0 Å². The van der Waals surface area contributed by atoms with Crippen molar-refractivity contribution < 1.29 is 0 Å². The van der Waals surface area contributed by atoms with Crippen LogP contribution in [0.3, 0.4) is 0 Å². The monoisotopic (exact) mass is 215 g/mol. The normalized spacial score (nSPS) is 18.2. The Labute approximate surface area is 98.2 Å². The van der Waals surface area contributed by atoms with Crippen molar-refractivity contribution in [2.45, 2.75) is 61.3 Å². The molecule has 1 aliphatic rings. The Bertz CT molecular complexity index is 123. The minimum Gasteiger partial charge on any atom is -0.305 e. The van der Waals surface area contributed by atoms with Crippen LogP contribution in [0, 0.1) is 11.3 Å². The molecule has 1 heterocycles. The molecule has 0 bridgehead atoms. The lowest BCUT2D eigenvalue weighted by atomic mass is 9.77. The maximum Gasteiger partial charge on any atom is 0.00448 e. The number of hydrogen-bond acceptors (Lipinski definition) is 1. The summed E-state index contributed by atoms with van der Waals surface area (Å²) in [7, 11) is 2.21. The third-order valence-corrected chi connectivity index (χ3v) is 2.63. The third-order valence-electron chi connectivity index (χ3n) is 2.63. The molecule has 0 radical (unpaired) electrons. The molecule has 0 N–H and O–H groups in total. The second-order valence-electron chi connectivity index (χ2n) is 4.92. The second kappa shape index (κ2) is 9.21. The molecule has 1 rings (SSSR count). The molecule has 94 valence electrons. The van der Waals surface area contributed by atoms with Crippen LogP contribution in [-0.4, -0.2) is 25.0 Å². The topological polar surface area (TPSA) is 3.24 Å². The summed E-state index contributed by atoms with van der Waals surface area (Å²) in [5, 5.41) is 0. The lowest BCUT2D eigenvalue weighted by Crippen LogP contribution is -2.52. The molecule has 1 nitrogen and oxygen atoms in total. The van der Waals surface area contributed by atoms with Crippen molar-refractivity contribution in [2.75, 3.05) is 20.1 Å². The lowest BCUT2D eigenvalue weighted by molar-refractivity contribution is 0.0272. The van der Waals surface area contributed by atoms with Gasteiger partial charge in [0.15, 0.2) is 0 Å². The van der Waals surface area contributed by atoms with Gasteiger partial charge < -0.3 is 4.90 Å². The zero-order chi connectivity index (χ0) is 12.5. The molecule has 1 fully saturated rings. The van der Waals surface area contributed by atoms with Gasteiger partial charge in [-0.2, -0.15) is 0 Å². The van der Waals surface area contributed by atoms with E-state index < -0.39 is 0 Å². The lowest BCUT2D eigenvalue weighted by Gasteiger charge is -2.46. The van der Waals surface area contributed by atoms with Crippen LogP contribution in [0.5, 0.6) is 0 Å². The SMILES string of the molecule is CC.CC.CC(C)CCC1(C)CN(C)C1. The first-order valence-corrected chi connectivity index (χ1v) is 6.70. The summed E-state index contributed by atoms with van der Waals surface area (Å²) in [4.78, 5) is 2.40. The highest BCUT2D eigenvalue weighted by Gasteiger charge is 2.35. The van der Waals surface area contributed by atoms with Gasteiger partial charge in [0.05, 0.1) is 0 Å². The molecule has 15 heavy (non-hydrogen) atoms. The molecule has 0 unspecified atom stereocenters. The molecule has 1 heteroatoms. The summed E-state index contributed by atoms with van der Waals surface area (Å²) in [5.41, 5.74) is 0.652. The van der Waals surface area contributed by atoms with E-state index in [4.69, 9.17) is 0 Å². The van der Waals surface area contributed by atoms with E-state index in [1.165, 1.54) is 25.9 Å². The summed E-state index contributed by atoms with van der Waals surface area (Å²) in [5.74, 6) is 0.873. The maximum absolute atomic E-state index is 2.41. The number of hydrogen-bond donors (Lipinski definition) is 0. The molecule has 0 aromatic heterocycles. The summed E-state index contributed by atoms with van der Waals surface area (Å²) in [6.45, 7) is 17.6. The zero-order valence-electron chi connectivity index (χ0n) is 12.4. The Morgan fingerprint density at radius 1 is 1.07 bits per heavy atom. The molecule has 0 aromatic carbocycles. The fourth-order valence-corrected chi connectivity index (χ4v) is 2.05. The van der Waals surface area contributed by atoms with Gasteiger partial charge in [-0.15, -0.1) is 0 Å². The smallest absolute Gasteiger partial charge is 0.00448 e. The Kier molecular flexibility index (Phi) is 10.7. The van der Waals surface area contributed by atoms with E-state index in [0.717, 1.165) is 5.92 Å². The van der Waals surface area contributed by atoms with E-state index in [9.17, 15) is 0 Å². The average molecular weight is 215 g/mol. The predicted molar refractivity (Wildman–Crippen MR) is 72.4 cm³/mol. The minimum atomic E-state index is 0.652. The van der Waals surface area contributed by atoms with E-state index >= 15 is 0 Å². The largest absolute Gasteiger partial charge is 0.305 e. The van der Waals surface area contributed by atoms with Crippen molar-refractivity contribution >= 4 is 0 Å². The number of likely N-dealkylation sites (tertiary alicyclic amines) is 1. The Morgan fingerprint density at radius 3 is 1.73 bits per heavy atom. The molecule has 1 aliphatic heterocycles. The van der Waals surface area contributed by atoms with E-state index in [2.05, 4.69) is 32.7 Å². The van der Waals surface area contributed by atoms with Gasteiger partial charge in [-0.25, -0.2) is 0 Å². The molecule has 0 amide bonds. The maximum atomic E-state index is 2.41. The molecular weight excluding hydrogens is 182 g/mol. The van der Waals surface area contributed by atoms with Crippen LogP contribution in [0.15, 0.2) is 0 Å². The molecule has 0 spiro atoms. The van der Waals surface area contributed by atoms with Crippen molar-refractivity contribution in [1.29, 1.82) is 0 Å². The van der Waals surface area contributed by atoms with E-state index in [1.807, 2.05) is 27.7 Å². The molecular formula is C14H33N. The first kappa shape index (κ1) is 17.4. The fraction of sp³-hybridized carbons (Fsp3) is 1.00. The van der Waals surface area contributed by atoms with Gasteiger partial charge in [0.2, 0.25) is 0 Å². The highest BCUT2D eigenvalue weighted by molar-refractivity contribution is 4.89. The second-order valence-corrected chi connectivity index (χ2v) is 4.92. The Hall–Kier alpha value is -0.0400. The average Bonchev–Trinajstić information content (AvgIpc) is 2.19. The van der Waals surface area contributed by atoms with Gasteiger partial charge in [0.1, 0.15) is 0 Å². The van der Waals surface area contributed by atoms with Crippen LogP contribution >= 0.6 is 0 Å². The first-order chi connectivity index (χ1) is 7.02. The molecule has 0 atom stereocenters. The highest BCUT2D eigenvalue weighted by atomic mass is 15.2. The van der Waals surface area contributed by atoms with Gasteiger partial charge in [-0.1, -0.05) is 54.9 Å². The van der Waals surface area contributed by atoms with Crippen molar-refractivity contribution in [3.05, 3.63) is 0 Å². The summed E-state index contributed by atoms with van der Waals surface area (Å²) < 4.78 is 0. The van der Waals surface area contributed by atoms with Crippen LogP contribution in [-0.2, 0) is 0 Å². The standard InChI is InChI=1S/C10H21N.2C2H6/c1-9(2)5-6-10(3)7-11(4)8-10;2*1-2/h9H,5-8H2,1-4H3;2*1-2H3. The minimum absolute atomic E-state index is 0.652. The van der Waals surface area contributed by atoms with Crippen LogP contribution in [0.4, 0.5) is 0 Å². The molecule has 1 saturated heterocycles. The van der Waals surface area contributed by atoms with E-state index in [1.54, 1.807) is 0 Å². The van der Waals surface area contributed by atoms with Gasteiger partial charge in [0, 0.05) is 13.1 Å². The summed E-state index contributed by atoms with van der Waals surface area (Å²) in [6, 6.07) is 0. The van der Waals surface area contributed by atoms with Gasteiger partial charge in [-0.05, 0) is 24.8 Å². The van der Waals surface area contributed by atoms with Crippen molar-refractivity contribution in [2.24, 2.45) is 11.3 Å². The summed E-state index contributed by atoms with van der Waals surface area (Å²) in [6.07, 6.45) is 2.80. The Morgan fingerprint density at radius 2 is 1.47 bits per heavy atom. The molecule has 0 aliphatic carbocycles. The third kappa shape index (κ3) is 7.84. The van der Waals surface area contributed by atoms with Crippen LogP contribution in [0.2, 0.25) is 0 Å². The van der Waals surface area contributed by atoms with Crippen LogP contribution in [0.1, 0.15) is 61.3 Å². The zero-order valence-corrected chi connectivity index (χ0v) is 12.4. The molecule has 0 saturated carbocycles. The van der Waals surface area contributed by atoms with Crippen LogP contribution < -0.4 is 0 Å². The predicted octanol–water partition coefficient (Wildman–Crippen LogP) is 4.43. The fourth-order valence-electron chi connectivity index (χ4n) is 2.05.